The Kier molecular flexibility index (Phi) is 3.99. The predicted molar refractivity (Wildman–Crippen MR) is 82.1 cm³/mol. The molecule has 0 spiro atoms. The van der Waals surface area contributed by atoms with Gasteiger partial charge < -0.3 is 10.6 Å². The first kappa shape index (κ1) is 13.9. The summed E-state index contributed by atoms with van der Waals surface area (Å²) in [6, 6.07) is 6.09. The van der Waals surface area contributed by atoms with Crippen molar-refractivity contribution in [3.63, 3.8) is 0 Å². The molecule has 2 N–H and O–H groups in total. The summed E-state index contributed by atoms with van der Waals surface area (Å²) >= 11 is 5.96. The zero-order chi connectivity index (χ0) is 14.1. The molecule has 2 aliphatic rings. The molecule has 3 atom stereocenters. The molecule has 3 nitrogen and oxygen atoms in total. The second-order valence-electron chi connectivity index (χ2n) is 6.17. The molecule has 2 bridgehead atoms. The maximum atomic E-state index is 12.0. The second kappa shape index (κ2) is 5.74. The molecule has 108 valence electrons. The Hall–Kier alpha value is -1.06. The van der Waals surface area contributed by atoms with E-state index >= 15 is 0 Å². The van der Waals surface area contributed by atoms with Crippen molar-refractivity contribution in [2.45, 2.75) is 38.6 Å². The van der Waals surface area contributed by atoms with Gasteiger partial charge in [-0.25, -0.2) is 0 Å². The van der Waals surface area contributed by atoms with Crippen molar-refractivity contribution in [1.82, 2.24) is 5.32 Å². The summed E-state index contributed by atoms with van der Waals surface area (Å²) in [5, 5.41) is 7.00. The Morgan fingerprint density at radius 3 is 2.90 bits per heavy atom. The predicted octanol–water partition coefficient (Wildman–Crippen LogP) is 3.37. The number of carbonyl (C=O) groups is 1. The number of hydrogen-bond acceptors (Lipinski definition) is 2. The fraction of sp³-hybridized carbons (Fsp3) is 0.562. The minimum Gasteiger partial charge on any atom is -0.325 e. The van der Waals surface area contributed by atoms with E-state index in [1.807, 2.05) is 19.1 Å². The highest BCUT2D eigenvalue weighted by molar-refractivity contribution is 6.31. The second-order valence-corrected chi connectivity index (χ2v) is 6.61. The number of halogens is 1. The van der Waals surface area contributed by atoms with Crippen LogP contribution in [0.15, 0.2) is 18.2 Å². The van der Waals surface area contributed by atoms with Crippen LogP contribution < -0.4 is 10.6 Å². The van der Waals surface area contributed by atoms with Crippen molar-refractivity contribution in [3.05, 3.63) is 28.8 Å². The van der Waals surface area contributed by atoms with E-state index in [0.717, 1.165) is 23.1 Å². The van der Waals surface area contributed by atoms with Crippen molar-refractivity contribution in [2.75, 3.05) is 11.9 Å². The number of amides is 1. The van der Waals surface area contributed by atoms with Gasteiger partial charge in [0.15, 0.2) is 0 Å². The molecule has 3 unspecified atom stereocenters. The van der Waals surface area contributed by atoms with Crippen molar-refractivity contribution in [3.8, 4) is 0 Å². The lowest BCUT2D eigenvalue weighted by atomic mass is 9.95. The third kappa shape index (κ3) is 2.99. The molecule has 1 aromatic rings. The number of aryl methyl sites for hydroxylation is 1. The van der Waals surface area contributed by atoms with Crippen LogP contribution in [0.1, 0.15) is 31.2 Å². The molecule has 2 saturated carbocycles. The molecule has 0 saturated heterocycles. The lowest BCUT2D eigenvalue weighted by Gasteiger charge is -2.22. The van der Waals surface area contributed by atoms with Crippen LogP contribution in [-0.4, -0.2) is 18.5 Å². The summed E-state index contributed by atoms with van der Waals surface area (Å²) in [6.07, 6.45) is 5.31. The van der Waals surface area contributed by atoms with Crippen LogP contribution in [0, 0.1) is 18.8 Å². The minimum absolute atomic E-state index is 0.0122. The van der Waals surface area contributed by atoms with Crippen LogP contribution in [0.25, 0.3) is 0 Å². The third-order valence-electron chi connectivity index (χ3n) is 4.74. The number of carbonyl (C=O) groups excluding carboxylic acids is 1. The summed E-state index contributed by atoms with van der Waals surface area (Å²) in [6.45, 7) is 2.36. The van der Waals surface area contributed by atoms with E-state index in [-0.39, 0.29) is 5.91 Å². The summed E-state index contributed by atoms with van der Waals surface area (Å²) in [5.41, 5.74) is 1.83. The molecule has 0 aromatic heterocycles. The Morgan fingerprint density at radius 2 is 2.20 bits per heavy atom. The number of hydrogen-bond donors (Lipinski definition) is 2. The molecule has 2 aliphatic carbocycles. The van der Waals surface area contributed by atoms with Gasteiger partial charge in [-0.3, -0.25) is 4.79 Å². The standard InChI is InChI=1S/C16H21ClN2O/c1-10-2-5-13(17)8-14(10)19-16(20)9-18-15-7-11-3-4-12(15)6-11/h2,5,8,11-12,15,18H,3-4,6-7,9H2,1H3,(H,19,20). The van der Waals surface area contributed by atoms with Crippen LogP contribution in [0.5, 0.6) is 0 Å². The third-order valence-corrected chi connectivity index (χ3v) is 4.97. The van der Waals surface area contributed by atoms with E-state index in [2.05, 4.69) is 10.6 Å². The van der Waals surface area contributed by atoms with Gasteiger partial charge in [0.05, 0.1) is 6.54 Å². The van der Waals surface area contributed by atoms with Gasteiger partial charge in [-0.1, -0.05) is 24.1 Å². The molecule has 2 fully saturated rings. The molecule has 4 heteroatoms. The average molecular weight is 293 g/mol. The molecule has 1 aromatic carbocycles. The Labute approximate surface area is 125 Å². The van der Waals surface area contributed by atoms with Gasteiger partial charge in [-0.05, 0) is 55.7 Å². The lowest BCUT2D eigenvalue weighted by Crippen LogP contribution is -2.39. The van der Waals surface area contributed by atoms with Crippen LogP contribution in [0.4, 0.5) is 5.69 Å². The quantitative estimate of drug-likeness (QED) is 0.893. The van der Waals surface area contributed by atoms with Gasteiger partial charge in [0, 0.05) is 16.8 Å². The zero-order valence-electron chi connectivity index (χ0n) is 11.8. The molecule has 0 radical (unpaired) electrons. The molecule has 0 aliphatic heterocycles. The fourth-order valence-electron chi connectivity index (χ4n) is 3.64. The van der Waals surface area contributed by atoms with E-state index in [9.17, 15) is 4.79 Å². The van der Waals surface area contributed by atoms with Crippen molar-refractivity contribution in [2.24, 2.45) is 11.8 Å². The fourth-order valence-corrected chi connectivity index (χ4v) is 3.81. The van der Waals surface area contributed by atoms with Crippen molar-refractivity contribution >= 4 is 23.2 Å². The van der Waals surface area contributed by atoms with Crippen molar-refractivity contribution < 1.29 is 4.79 Å². The topological polar surface area (TPSA) is 41.1 Å². The summed E-state index contributed by atoms with van der Waals surface area (Å²) < 4.78 is 0. The van der Waals surface area contributed by atoms with E-state index in [1.165, 1.54) is 25.7 Å². The molecular weight excluding hydrogens is 272 g/mol. The number of anilines is 1. The normalized spacial score (nSPS) is 27.8. The van der Waals surface area contributed by atoms with Crippen LogP contribution in [0.2, 0.25) is 5.02 Å². The highest BCUT2D eigenvalue weighted by Crippen LogP contribution is 2.44. The molecular formula is C16H21ClN2O. The summed E-state index contributed by atoms with van der Waals surface area (Å²) in [4.78, 5) is 12.0. The number of rotatable bonds is 4. The van der Waals surface area contributed by atoms with E-state index in [0.29, 0.717) is 17.6 Å². The Bertz CT molecular complexity index is 517. The Morgan fingerprint density at radius 1 is 1.35 bits per heavy atom. The van der Waals surface area contributed by atoms with E-state index in [1.54, 1.807) is 6.07 Å². The maximum absolute atomic E-state index is 12.0. The van der Waals surface area contributed by atoms with Gasteiger partial charge in [-0.2, -0.15) is 0 Å². The molecule has 0 heterocycles. The summed E-state index contributed by atoms with van der Waals surface area (Å²) in [5.74, 6) is 1.70. The Balaban J connectivity index is 1.51. The smallest absolute Gasteiger partial charge is 0.238 e. The van der Waals surface area contributed by atoms with Crippen LogP contribution >= 0.6 is 11.6 Å². The number of nitrogens with one attached hydrogen (secondary N) is 2. The largest absolute Gasteiger partial charge is 0.325 e. The highest BCUT2D eigenvalue weighted by Gasteiger charge is 2.39. The van der Waals surface area contributed by atoms with Crippen LogP contribution in [0.3, 0.4) is 0 Å². The first-order valence-electron chi connectivity index (χ1n) is 7.41. The van der Waals surface area contributed by atoms with Crippen LogP contribution in [-0.2, 0) is 4.79 Å². The van der Waals surface area contributed by atoms with Gasteiger partial charge in [0.25, 0.3) is 0 Å². The molecule has 3 rings (SSSR count). The van der Waals surface area contributed by atoms with Gasteiger partial charge in [-0.15, -0.1) is 0 Å². The van der Waals surface area contributed by atoms with Crippen molar-refractivity contribution in [1.29, 1.82) is 0 Å². The van der Waals surface area contributed by atoms with Gasteiger partial charge in [0.2, 0.25) is 5.91 Å². The van der Waals surface area contributed by atoms with Gasteiger partial charge in [0.1, 0.15) is 0 Å². The average Bonchev–Trinajstić information content (AvgIpc) is 3.03. The zero-order valence-corrected chi connectivity index (χ0v) is 12.5. The summed E-state index contributed by atoms with van der Waals surface area (Å²) in [7, 11) is 0. The molecule has 1 amide bonds. The molecule has 20 heavy (non-hydrogen) atoms. The maximum Gasteiger partial charge on any atom is 0.238 e. The SMILES string of the molecule is Cc1ccc(Cl)cc1NC(=O)CNC1CC2CCC1C2. The lowest BCUT2D eigenvalue weighted by molar-refractivity contribution is -0.115. The monoisotopic (exact) mass is 292 g/mol. The minimum atomic E-state index is 0.0122. The van der Waals surface area contributed by atoms with E-state index < -0.39 is 0 Å². The number of benzene rings is 1. The van der Waals surface area contributed by atoms with E-state index in [4.69, 9.17) is 11.6 Å². The first-order chi connectivity index (χ1) is 9.61. The first-order valence-corrected chi connectivity index (χ1v) is 7.79. The number of fused-ring (bicyclic) bond motifs is 2. The highest BCUT2D eigenvalue weighted by atomic mass is 35.5. The van der Waals surface area contributed by atoms with Gasteiger partial charge >= 0.3 is 0 Å².